The van der Waals surface area contributed by atoms with Crippen LogP contribution in [0.25, 0.3) is 0 Å². The van der Waals surface area contributed by atoms with Gasteiger partial charge in [-0.2, -0.15) is 0 Å². The van der Waals surface area contributed by atoms with Gasteiger partial charge in [0.2, 0.25) is 11.8 Å². The van der Waals surface area contributed by atoms with Crippen molar-refractivity contribution in [3.05, 3.63) is 91.7 Å². The number of amides is 2. The zero-order valence-corrected chi connectivity index (χ0v) is 24.8. The number of anilines is 2. The minimum atomic E-state index is -1.42. The first-order valence-corrected chi connectivity index (χ1v) is 14.0. The number of carbonyl (C=O) groups is 2. The molecule has 5 rings (SSSR count). The largest absolute Gasteiger partial charge is 0.494 e. The van der Waals surface area contributed by atoms with Crippen molar-refractivity contribution in [1.29, 1.82) is 0 Å². The van der Waals surface area contributed by atoms with E-state index in [1.165, 1.54) is 37.4 Å². The highest BCUT2D eigenvalue weighted by molar-refractivity contribution is 6.31. The topological polar surface area (TPSA) is 123 Å². The van der Waals surface area contributed by atoms with E-state index in [1.54, 1.807) is 24.3 Å². The van der Waals surface area contributed by atoms with E-state index >= 15 is 4.39 Å². The number of halogens is 3. The molecule has 2 aliphatic rings. The van der Waals surface area contributed by atoms with Crippen LogP contribution in [0.3, 0.4) is 0 Å². The molecule has 1 unspecified atom stereocenters. The maximum atomic E-state index is 15.9. The maximum absolute atomic E-state index is 15.9. The molecule has 0 bridgehead atoms. The smallest absolute Gasteiger partial charge is 0.273 e. The molecule has 2 amide bonds. The van der Waals surface area contributed by atoms with Gasteiger partial charge in [0.1, 0.15) is 17.0 Å². The molecule has 2 aliphatic heterocycles. The van der Waals surface area contributed by atoms with Crippen LogP contribution in [0.2, 0.25) is 10.0 Å². The van der Waals surface area contributed by atoms with Crippen molar-refractivity contribution in [1.82, 2.24) is 5.32 Å². The average molecular weight is 615 g/mol. The van der Waals surface area contributed by atoms with E-state index in [4.69, 9.17) is 27.9 Å². The molecule has 3 N–H and O–H groups in total. The number of benzene rings is 3. The van der Waals surface area contributed by atoms with Gasteiger partial charge < -0.3 is 20.7 Å². The number of fused-ring (bicyclic) bond motifs is 2. The Labute approximate surface area is 251 Å². The molecule has 0 radical (unpaired) electrons. The Hall–Kier alpha value is -3.73. The van der Waals surface area contributed by atoms with Crippen molar-refractivity contribution in [2.75, 3.05) is 17.7 Å². The number of carbonyl (C=O) groups excluding carboxylic acids is 2. The lowest BCUT2D eigenvalue weighted by Crippen LogP contribution is -2.49. The molecule has 9 nitrogen and oxygen atoms in total. The van der Waals surface area contributed by atoms with Gasteiger partial charge in [-0.05, 0) is 47.2 Å². The summed E-state index contributed by atoms with van der Waals surface area (Å²) in [5, 5.41) is 20.6. The number of nitro groups is 1. The zero-order chi connectivity index (χ0) is 30.6. The molecular weight excluding hydrogens is 586 g/mol. The van der Waals surface area contributed by atoms with E-state index in [1.807, 2.05) is 20.8 Å². The number of hydrogen-bond acceptors (Lipinski definition) is 6. The second-order valence-corrected chi connectivity index (χ2v) is 12.6. The number of ether oxygens (including phenoxy) is 1. The van der Waals surface area contributed by atoms with E-state index < -0.39 is 46.0 Å². The first-order chi connectivity index (χ1) is 19.8. The van der Waals surface area contributed by atoms with Gasteiger partial charge >= 0.3 is 0 Å². The van der Waals surface area contributed by atoms with E-state index in [9.17, 15) is 19.7 Å². The van der Waals surface area contributed by atoms with E-state index in [2.05, 4.69) is 16.0 Å². The first kappa shape index (κ1) is 29.8. The fourth-order valence-corrected chi connectivity index (χ4v) is 6.61. The zero-order valence-electron chi connectivity index (χ0n) is 23.3. The normalized spacial score (nSPS) is 23.0. The molecule has 1 spiro atoms. The lowest BCUT2D eigenvalue weighted by Gasteiger charge is -2.37. The number of nitrogens with zero attached hydrogens (tertiary/aromatic N) is 1. The van der Waals surface area contributed by atoms with Crippen molar-refractivity contribution in [2.45, 2.75) is 50.6 Å². The summed E-state index contributed by atoms with van der Waals surface area (Å²) in [4.78, 5) is 39.0. The lowest BCUT2D eigenvalue weighted by molar-refractivity contribution is -0.384. The fourth-order valence-electron chi connectivity index (χ4n) is 6.26. The summed E-state index contributed by atoms with van der Waals surface area (Å²) >= 11 is 12.5. The van der Waals surface area contributed by atoms with Crippen molar-refractivity contribution >= 4 is 52.1 Å². The number of rotatable bonds is 6. The third-order valence-corrected chi connectivity index (χ3v) is 8.40. The highest BCUT2D eigenvalue weighted by Crippen LogP contribution is 2.57. The minimum Gasteiger partial charge on any atom is -0.494 e. The summed E-state index contributed by atoms with van der Waals surface area (Å²) < 4.78 is 21.2. The van der Waals surface area contributed by atoms with Crippen LogP contribution in [0.4, 0.5) is 21.5 Å². The molecule has 42 heavy (non-hydrogen) atoms. The minimum absolute atomic E-state index is 0.0700. The van der Waals surface area contributed by atoms with Crippen molar-refractivity contribution in [3.8, 4) is 5.75 Å². The van der Waals surface area contributed by atoms with E-state index in [0.717, 1.165) is 0 Å². The van der Waals surface area contributed by atoms with Gasteiger partial charge in [-0.3, -0.25) is 19.7 Å². The molecule has 1 saturated heterocycles. The Morgan fingerprint density at radius 2 is 1.90 bits per heavy atom. The molecular formula is C30H29Cl2FN4O5. The van der Waals surface area contributed by atoms with Crippen LogP contribution in [0.5, 0.6) is 5.75 Å². The van der Waals surface area contributed by atoms with Crippen molar-refractivity contribution < 1.29 is 23.6 Å². The molecule has 0 aliphatic carbocycles. The second kappa shape index (κ2) is 10.8. The quantitative estimate of drug-likeness (QED) is 0.217. The Morgan fingerprint density at radius 3 is 2.57 bits per heavy atom. The van der Waals surface area contributed by atoms with E-state index in [-0.39, 0.29) is 33.1 Å². The van der Waals surface area contributed by atoms with Crippen LogP contribution < -0.4 is 20.7 Å². The molecule has 0 saturated carbocycles. The Bertz CT molecular complexity index is 1610. The van der Waals surface area contributed by atoms with E-state index in [0.29, 0.717) is 22.7 Å². The summed E-state index contributed by atoms with van der Waals surface area (Å²) in [6.07, 6.45) is 0.450. The van der Waals surface area contributed by atoms with Crippen LogP contribution >= 0.6 is 23.2 Å². The van der Waals surface area contributed by atoms with Crippen LogP contribution in [0.1, 0.15) is 44.2 Å². The molecule has 220 valence electrons. The fraction of sp³-hybridized carbons (Fsp3) is 0.333. The highest BCUT2D eigenvalue weighted by atomic mass is 35.5. The third-order valence-electron chi connectivity index (χ3n) is 7.87. The number of hydrogen-bond donors (Lipinski definition) is 3. The summed E-state index contributed by atoms with van der Waals surface area (Å²) in [7, 11) is 1.33. The summed E-state index contributed by atoms with van der Waals surface area (Å²) in [6.45, 7) is 6.05. The molecule has 3 aromatic rings. The molecule has 4 atom stereocenters. The average Bonchev–Trinajstić information content (AvgIpc) is 3.39. The van der Waals surface area contributed by atoms with Gasteiger partial charge in [0.05, 0.1) is 34.9 Å². The van der Waals surface area contributed by atoms with Crippen LogP contribution in [0.15, 0.2) is 54.6 Å². The predicted molar refractivity (Wildman–Crippen MR) is 159 cm³/mol. The monoisotopic (exact) mass is 614 g/mol. The third kappa shape index (κ3) is 4.97. The Balaban J connectivity index is 1.70. The Kier molecular flexibility index (Phi) is 7.67. The van der Waals surface area contributed by atoms with Crippen molar-refractivity contribution in [3.63, 3.8) is 0 Å². The van der Waals surface area contributed by atoms with Gasteiger partial charge in [0.25, 0.3) is 5.69 Å². The first-order valence-electron chi connectivity index (χ1n) is 13.2. The maximum Gasteiger partial charge on any atom is 0.273 e. The number of nitro benzene ring substituents is 1. The Morgan fingerprint density at radius 1 is 1.17 bits per heavy atom. The second-order valence-electron chi connectivity index (χ2n) is 11.7. The summed E-state index contributed by atoms with van der Waals surface area (Å²) in [5.74, 6) is -2.69. The predicted octanol–water partition coefficient (Wildman–Crippen LogP) is 6.44. The number of nitrogens with one attached hydrogen (secondary N) is 3. The van der Waals surface area contributed by atoms with Crippen molar-refractivity contribution in [2.24, 2.45) is 5.41 Å². The number of non-ortho nitro benzene ring substituents is 1. The molecule has 12 heteroatoms. The van der Waals surface area contributed by atoms with Gasteiger partial charge in [0, 0.05) is 28.7 Å². The summed E-state index contributed by atoms with van der Waals surface area (Å²) in [6, 6.07) is 11.6. The molecule has 2 heterocycles. The molecule has 1 fully saturated rings. The van der Waals surface area contributed by atoms with Gasteiger partial charge in [-0.1, -0.05) is 62.2 Å². The summed E-state index contributed by atoms with van der Waals surface area (Å²) in [5.41, 5.74) is -0.586. The molecule has 0 aromatic heterocycles. The van der Waals surface area contributed by atoms with Crippen LogP contribution in [-0.4, -0.2) is 35.9 Å². The van der Waals surface area contributed by atoms with Crippen LogP contribution in [0, 0.1) is 21.3 Å². The standard InChI is InChI=1S/C30H29Cl2FN4O5/c1-29(2,3)14-23-30(18-10-8-15(31)12-21(18)35-28(30)39)24(17-6-5-7-19(32)25(17)33)26(36-23)27(38)34-20-11-9-16(37(40)41)13-22(20)42-4/h5-13,23-24,26,36H,14H2,1-4H3,(H,34,38)(H,35,39)/t23-,24+,26+,30?/m0/s1. The number of methoxy groups -OCH3 is 1. The van der Waals surface area contributed by atoms with Crippen LogP contribution in [-0.2, 0) is 15.0 Å². The van der Waals surface area contributed by atoms with Gasteiger partial charge in [-0.15, -0.1) is 0 Å². The molecule has 3 aromatic carbocycles. The van der Waals surface area contributed by atoms with Gasteiger partial charge in [-0.25, -0.2) is 4.39 Å². The SMILES string of the molecule is COc1cc([N+](=O)[O-])ccc1NC(=O)[C@@H]1N[C@@H](CC(C)(C)C)C2(C(=O)Nc3cc(Cl)ccc32)[C@@H]1c1cccc(Cl)c1F. The lowest BCUT2D eigenvalue weighted by atomic mass is 9.62. The van der Waals surface area contributed by atoms with Gasteiger partial charge in [0.15, 0.2) is 0 Å². The highest BCUT2D eigenvalue weighted by Gasteiger charge is 2.66.